The molecule has 0 amide bonds. The molecule has 0 bridgehead atoms. The highest BCUT2D eigenvalue weighted by molar-refractivity contribution is 5.55. The quantitative estimate of drug-likeness (QED) is 0.689. The van der Waals surface area contributed by atoms with Gasteiger partial charge in [-0.25, -0.2) is 4.68 Å². The molecule has 0 radical (unpaired) electrons. The van der Waals surface area contributed by atoms with E-state index in [4.69, 9.17) is 0 Å². The van der Waals surface area contributed by atoms with Gasteiger partial charge in [-0.1, -0.05) is 6.07 Å². The van der Waals surface area contributed by atoms with Crippen LogP contribution in [0.4, 0.5) is 5.69 Å². The zero-order chi connectivity index (χ0) is 15.0. The Kier molecular flexibility index (Phi) is 3.59. The molecule has 1 N–H and O–H groups in total. The Labute approximate surface area is 116 Å². The molecule has 20 heavy (non-hydrogen) atoms. The number of rotatable bonds is 3. The third-order valence-electron chi connectivity index (χ3n) is 3.56. The summed E-state index contributed by atoms with van der Waals surface area (Å²) < 4.78 is 1.58. The summed E-state index contributed by atoms with van der Waals surface area (Å²) >= 11 is 0. The van der Waals surface area contributed by atoms with Crippen molar-refractivity contribution in [2.24, 2.45) is 0 Å². The van der Waals surface area contributed by atoms with Crippen LogP contribution in [0.3, 0.4) is 0 Å². The standard InChI is InChI=1S/C14H17N3O3/c1-8-9(2)15-16(10(8)3)13-6-5-12(11(4)18)7-14(13)17(19)20/h5-7,11,18H,1-4H3. The Hall–Kier alpha value is -2.21. The fourth-order valence-electron chi connectivity index (χ4n) is 2.08. The number of nitro benzene ring substituents is 1. The van der Waals surface area contributed by atoms with Gasteiger partial charge in [-0.15, -0.1) is 0 Å². The number of benzene rings is 1. The first kappa shape index (κ1) is 14.2. The molecular formula is C14H17N3O3. The summed E-state index contributed by atoms with van der Waals surface area (Å²) in [6, 6.07) is 4.70. The van der Waals surface area contributed by atoms with Crippen molar-refractivity contribution in [1.82, 2.24) is 9.78 Å². The largest absolute Gasteiger partial charge is 0.389 e. The molecule has 6 nitrogen and oxygen atoms in total. The predicted octanol–water partition coefficient (Wildman–Crippen LogP) is 2.76. The molecule has 1 heterocycles. The number of aliphatic hydroxyl groups is 1. The monoisotopic (exact) mass is 275 g/mol. The van der Waals surface area contributed by atoms with E-state index in [2.05, 4.69) is 5.10 Å². The van der Waals surface area contributed by atoms with E-state index in [0.29, 0.717) is 11.3 Å². The molecule has 0 aliphatic carbocycles. The summed E-state index contributed by atoms with van der Waals surface area (Å²) in [7, 11) is 0. The molecular weight excluding hydrogens is 258 g/mol. The van der Waals surface area contributed by atoms with Crippen LogP contribution in [0, 0.1) is 30.9 Å². The second kappa shape index (κ2) is 5.05. The normalized spacial score (nSPS) is 12.4. The smallest absolute Gasteiger partial charge is 0.295 e. The molecule has 0 saturated carbocycles. The van der Waals surface area contributed by atoms with E-state index in [1.54, 1.807) is 23.7 Å². The van der Waals surface area contributed by atoms with Gasteiger partial charge in [-0.3, -0.25) is 10.1 Å². The van der Waals surface area contributed by atoms with Gasteiger partial charge in [0.2, 0.25) is 0 Å². The SMILES string of the molecule is Cc1nn(-c2ccc(C(C)O)cc2[N+](=O)[O-])c(C)c1C. The third kappa shape index (κ3) is 2.30. The van der Waals surface area contributed by atoms with Crippen molar-refractivity contribution in [2.45, 2.75) is 33.8 Å². The van der Waals surface area contributed by atoms with Crippen LogP contribution in [0.5, 0.6) is 0 Å². The van der Waals surface area contributed by atoms with Gasteiger partial charge in [-0.2, -0.15) is 5.10 Å². The Morgan fingerprint density at radius 3 is 2.45 bits per heavy atom. The summed E-state index contributed by atoms with van der Waals surface area (Å²) in [5.74, 6) is 0. The Bertz CT molecular complexity index is 675. The molecule has 1 unspecified atom stereocenters. The van der Waals surface area contributed by atoms with E-state index in [0.717, 1.165) is 17.0 Å². The lowest BCUT2D eigenvalue weighted by atomic mass is 10.1. The van der Waals surface area contributed by atoms with Gasteiger partial charge in [0, 0.05) is 11.8 Å². The van der Waals surface area contributed by atoms with Crippen LogP contribution < -0.4 is 0 Å². The first-order chi connectivity index (χ1) is 9.32. The van der Waals surface area contributed by atoms with Crippen LogP contribution >= 0.6 is 0 Å². The van der Waals surface area contributed by atoms with E-state index in [1.165, 1.54) is 6.07 Å². The zero-order valence-corrected chi connectivity index (χ0v) is 11.9. The maximum absolute atomic E-state index is 11.3. The van der Waals surface area contributed by atoms with Gasteiger partial charge in [0.1, 0.15) is 5.69 Å². The third-order valence-corrected chi connectivity index (χ3v) is 3.56. The van der Waals surface area contributed by atoms with Gasteiger partial charge in [0.25, 0.3) is 5.69 Å². The molecule has 2 rings (SSSR count). The topological polar surface area (TPSA) is 81.2 Å². The minimum atomic E-state index is -0.745. The fraction of sp³-hybridized carbons (Fsp3) is 0.357. The Morgan fingerprint density at radius 2 is 2.00 bits per heavy atom. The first-order valence-electron chi connectivity index (χ1n) is 6.32. The second-order valence-corrected chi connectivity index (χ2v) is 4.89. The van der Waals surface area contributed by atoms with Crippen LogP contribution in [0.1, 0.15) is 35.5 Å². The molecule has 1 aromatic heterocycles. The van der Waals surface area contributed by atoms with Crippen LogP contribution in [-0.2, 0) is 0 Å². The van der Waals surface area contributed by atoms with Crippen molar-refractivity contribution in [2.75, 3.05) is 0 Å². The van der Waals surface area contributed by atoms with Crippen molar-refractivity contribution in [1.29, 1.82) is 0 Å². The van der Waals surface area contributed by atoms with Crippen molar-refractivity contribution < 1.29 is 10.0 Å². The van der Waals surface area contributed by atoms with Crippen LogP contribution in [0.15, 0.2) is 18.2 Å². The molecule has 1 aromatic carbocycles. The fourth-order valence-corrected chi connectivity index (χ4v) is 2.08. The van der Waals surface area contributed by atoms with E-state index >= 15 is 0 Å². The van der Waals surface area contributed by atoms with E-state index < -0.39 is 11.0 Å². The summed E-state index contributed by atoms with van der Waals surface area (Å²) in [5, 5.41) is 25.2. The minimum absolute atomic E-state index is 0.0611. The Balaban J connectivity index is 2.67. The lowest BCUT2D eigenvalue weighted by molar-refractivity contribution is -0.384. The Morgan fingerprint density at radius 1 is 1.35 bits per heavy atom. The van der Waals surface area contributed by atoms with Crippen LogP contribution in [-0.4, -0.2) is 19.8 Å². The van der Waals surface area contributed by atoms with Crippen molar-refractivity contribution in [3.05, 3.63) is 50.8 Å². The summed E-state index contributed by atoms with van der Waals surface area (Å²) in [5.41, 5.74) is 3.59. The number of aromatic nitrogens is 2. The number of hydrogen-bond acceptors (Lipinski definition) is 4. The van der Waals surface area contributed by atoms with Crippen molar-refractivity contribution in [3.8, 4) is 5.69 Å². The minimum Gasteiger partial charge on any atom is -0.389 e. The molecule has 0 spiro atoms. The van der Waals surface area contributed by atoms with E-state index in [9.17, 15) is 15.2 Å². The first-order valence-corrected chi connectivity index (χ1v) is 6.32. The predicted molar refractivity (Wildman–Crippen MR) is 75.1 cm³/mol. The van der Waals surface area contributed by atoms with Crippen LogP contribution in [0.2, 0.25) is 0 Å². The number of hydrogen-bond donors (Lipinski definition) is 1. The van der Waals surface area contributed by atoms with Gasteiger partial charge >= 0.3 is 0 Å². The highest BCUT2D eigenvalue weighted by atomic mass is 16.6. The summed E-state index contributed by atoms with van der Waals surface area (Å²) in [4.78, 5) is 10.8. The van der Waals surface area contributed by atoms with Gasteiger partial charge < -0.3 is 5.11 Å². The van der Waals surface area contributed by atoms with Gasteiger partial charge in [0.05, 0.1) is 16.7 Å². The average Bonchev–Trinajstić information content (AvgIpc) is 2.65. The highest BCUT2D eigenvalue weighted by Gasteiger charge is 2.20. The lowest BCUT2D eigenvalue weighted by Gasteiger charge is -2.09. The van der Waals surface area contributed by atoms with Gasteiger partial charge in [-0.05, 0) is 44.9 Å². The summed E-state index contributed by atoms with van der Waals surface area (Å²) in [6.07, 6.45) is -0.745. The lowest BCUT2D eigenvalue weighted by Crippen LogP contribution is -2.05. The molecule has 2 aromatic rings. The number of aryl methyl sites for hydroxylation is 1. The molecule has 0 saturated heterocycles. The average molecular weight is 275 g/mol. The van der Waals surface area contributed by atoms with E-state index in [-0.39, 0.29) is 5.69 Å². The maximum atomic E-state index is 11.3. The number of nitrogens with zero attached hydrogens (tertiary/aromatic N) is 3. The molecule has 0 aliphatic heterocycles. The maximum Gasteiger partial charge on any atom is 0.295 e. The molecule has 106 valence electrons. The highest BCUT2D eigenvalue weighted by Crippen LogP contribution is 2.28. The number of nitro groups is 1. The number of aliphatic hydroxyl groups excluding tert-OH is 1. The van der Waals surface area contributed by atoms with Crippen molar-refractivity contribution >= 4 is 5.69 Å². The molecule has 1 atom stereocenters. The van der Waals surface area contributed by atoms with Gasteiger partial charge in [0.15, 0.2) is 0 Å². The van der Waals surface area contributed by atoms with Crippen molar-refractivity contribution in [3.63, 3.8) is 0 Å². The molecule has 0 aliphatic rings. The molecule has 6 heteroatoms. The van der Waals surface area contributed by atoms with Crippen LogP contribution in [0.25, 0.3) is 5.69 Å². The zero-order valence-electron chi connectivity index (χ0n) is 11.9. The van der Waals surface area contributed by atoms with E-state index in [1.807, 2.05) is 20.8 Å². The summed E-state index contributed by atoms with van der Waals surface area (Å²) in [6.45, 7) is 7.26. The molecule has 0 fully saturated rings. The second-order valence-electron chi connectivity index (χ2n) is 4.89.